The second-order valence-electron chi connectivity index (χ2n) is 5.93. The summed E-state index contributed by atoms with van der Waals surface area (Å²) in [5.74, 6) is -3.03. The number of rotatable bonds is 10. The van der Waals surface area contributed by atoms with Gasteiger partial charge in [-0.2, -0.15) is 0 Å². The minimum absolute atomic E-state index is 0.0480. The van der Waals surface area contributed by atoms with Gasteiger partial charge in [-0.25, -0.2) is 0 Å². The number of nitrogens with two attached hydrogens (primary N) is 2. The van der Waals surface area contributed by atoms with Crippen LogP contribution in [0, 0.1) is 0 Å². The summed E-state index contributed by atoms with van der Waals surface area (Å²) >= 11 is 0. The van der Waals surface area contributed by atoms with E-state index in [1.54, 1.807) is 24.3 Å². The van der Waals surface area contributed by atoms with Gasteiger partial charge in [0.05, 0.1) is 6.04 Å². The van der Waals surface area contributed by atoms with E-state index in [0.29, 0.717) is 0 Å². The van der Waals surface area contributed by atoms with Crippen molar-refractivity contribution in [2.75, 3.05) is 0 Å². The minimum atomic E-state index is -1.19. The van der Waals surface area contributed by atoms with E-state index in [0.717, 1.165) is 5.56 Å². The minimum Gasteiger partial charge on any atom is -0.480 e. The molecular formula is C17H24N4O5. The first-order valence-electron chi connectivity index (χ1n) is 8.12. The van der Waals surface area contributed by atoms with Gasteiger partial charge in [0.2, 0.25) is 17.7 Å². The number of nitrogens with one attached hydrogen (secondary N) is 2. The van der Waals surface area contributed by atoms with Gasteiger partial charge < -0.3 is 27.2 Å². The summed E-state index contributed by atoms with van der Waals surface area (Å²) in [5, 5.41) is 13.8. The van der Waals surface area contributed by atoms with Crippen LogP contribution in [-0.2, 0) is 25.6 Å². The molecule has 0 aliphatic rings. The van der Waals surface area contributed by atoms with Crippen LogP contribution in [0.1, 0.15) is 25.3 Å². The molecule has 3 amide bonds. The highest BCUT2D eigenvalue weighted by Crippen LogP contribution is 2.05. The summed E-state index contributed by atoms with van der Waals surface area (Å²) in [6.45, 7) is 1.32. The first-order chi connectivity index (χ1) is 12.2. The second-order valence-corrected chi connectivity index (χ2v) is 5.93. The Hall–Kier alpha value is -2.94. The molecule has 0 saturated heterocycles. The van der Waals surface area contributed by atoms with E-state index >= 15 is 0 Å². The zero-order chi connectivity index (χ0) is 19.7. The molecule has 26 heavy (non-hydrogen) atoms. The Morgan fingerprint density at radius 2 is 1.69 bits per heavy atom. The van der Waals surface area contributed by atoms with Gasteiger partial charge in [-0.05, 0) is 18.9 Å². The number of carboxylic acids is 1. The van der Waals surface area contributed by atoms with Crippen LogP contribution in [0.15, 0.2) is 30.3 Å². The van der Waals surface area contributed by atoms with Crippen LogP contribution in [0.2, 0.25) is 0 Å². The molecule has 0 unspecified atom stereocenters. The molecule has 0 aliphatic carbocycles. The highest BCUT2D eigenvalue weighted by atomic mass is 16.4. The topological polar surface area (TPSA) is 165 Å². The lowest BCUT2D eigenvalue weighted by molar-refractivity contribution is -0.141. The number of benzene rings is 1. The number of carbonyl (C=O) groups is 4. The lowest BCUT2D eigenvalue weighted by atomic mass is 10.0. The Kier molecular flexibility index (Phi) is 8.23. The van der Waals surface area contributed by atoms with E-state index in [1.807, 2.05) is 6.07 Å². The number of aliphatic carboxylic acids is 1. The smallest absolute Gasteiger partial charge is 0.325 e. The van der Waals surface area contributed by atoms with Crippen molar-refractivity contribution in [3.05, 3.63) is 35.9 Å². The summed E-state index contributed by atoms with van der Waals surface area (Å²) < 4.78 is 0. The molecule has 0 fully saturated rings. The maximum Gasteiger partial charge on any atom is 0.325 e. The van der Waals surface area contributed by atoms with Crippen molar-refractivity contribution in [1.82, 2.24) is 10.6 Å². The number of hydrogen-bond acceptors (Lipinski definition) is 5. The molecule has 0 bridgehead atoms. The third kappa shape index (κ3) is 7.31. The first kappa shape index (κ1) is 21.1. The Balaban J connectivity index is 2.82. The molecule has 7 N–H and O–H groups in total. The fraction of sp³-hybridized carbons (Fsp3) is 0.412. The number of amides is 3. The van der Waals surface area contributed by atoms with E-state index in [1.165, 1.54) is 6.92 Å². The van der Waals surface area contributed by atoms with Crippen molar-refractivity contribution < 1.29 is 24.3 Å². The predicted molar refractivity (Wildman–Crippen MR) is 93.7 cm³/mol. The Bertz CT molecular complexity index is 650. The lowest BCUT2D eigenvalue weighted by Gasteiger charge is -2.22. The molecule has 0 saturated carbocycles. The summed E-state index contributed by atoms with van der Waals surface area (Å²) in [6, 6.07) is 5.80. The average Bonchev–Trinajstić information content (AvgIpc) is 2.59. The molecule has 0 radical (unpaired) electrons. The summed E-state index contributed by atoms with van der Waals surface area (Å²) in [6.07, 6.45) is 0.153. The van der Waals surface area contributed by atoms with Crippen molar-refractivity contribution in [1.29, 1.82) is 0 Å². The van der Waals surface area contributed by atoms with Crippen LogP contribution in [0.3, 0.4) is 0 Å². The van der Waals surface area contributed by atoms with Crippen LogP contribution in [0.4, 0.5) is 0 Å². The second kappa shape index (κ2) is 10.1. The van der Waals surface area contributed by atoms with Crippen LogP contribution < -0.4 is 22.1 Å². The lowest BCUT2D eigenvalue weighted by Crippen LogP contribution is -2.54. The van der Waals surface area contributed by atoms with E-state index in [-0.39, 0.29) is 19.3 Å². The molecule has 9 heteroatoms. The first-order valence-corrected chi connectivity index (χ1v) is 8.12. The van der Waals surface area contributed by atoms with Gasteiger partial charge >= 0.3 is 5.97 Å². The largest absolute Gasteiger partial charge is 0.480 e. The zero-order valence-corrected chi connectivity index (χ0v) is 14.5. The van der Waals surface area contributed by atoms with Crippen molar-refractivity contribution in [2.24, 2.45) is 11.5 Å². The monoisotopic (exact) mass is 364 g/mol. The molecule has 0 aliphatic heterocycles. The molecule has 9 nitrogen and oxygen atoms in total. The van der Waals surface area contributed by atoms with E-state index in [2.05, 4.69) is 10.6 Å². The Morgan fingerprint density at radius 1 is 1.08 bits per heavy atom. The highest BCUT2D eigenvalue weighted by Gasteiger charge is 2.26. The van der Waals surface area contributed by atoms with Crippen molar-refractivity contribution in [3.63, 3.8) is 0 Å². The molecule has 1 aromatic rings. The number of hydrogen-bond donors (Lipinski definition) is 5. The Morgan fingerprint density at radius 3 is 2.23 bits per heavy atom. The molecule has 1 aromatic carbocycles. The third-order valence-corrected chi connectivity index (χ3v) is 3.68. The highest BCUT2D eigenvalue weighted by molar-refractivity contribution is 5.92. The van der Waals surface area contributed by atoms with Crippen LogP contribution in [0.25, 0.3) is 0 Å². The number of carboxylic acid groups (broad SMARTS) is 1. The van der Waals surface area contributed by atoms with E-state index < -0.39 is 41.8 Å². The summed E-state index contributed by atoms with van der Waals surface area (Å²) in [5.41, 5.74) is 11.5. The van der Waals surface area contributed by atoms with Crippen LogP contribution >= 0.6 is 0 Å². The van der Waals surface area contributed by atoms with Crippen LogP contribution in [0.5, 0.6) is 0 Å². The van der Waals surface area contributed by atoms with Gasteiger partial charge in [-0.1, -0.05) is 30.3 Å². The number of primary amides is 1. The van der Waals surface area contributed by atoms with Gasteiger partial charge in [-0.15, -0.1) is 0 Å². The standard InChI is InChI=1S/C17H24N4O5/c1-10(17(25)26)20-16(24)13(9-11-5-3-2-4-6-11)21-15(23)12(18)7-8-14(19)22/h2-6,10,12-13H,7-9,18H2,1H3,(H2,19,22)(H,20,24)(H,21,23)(H,25,26)/t10-,12-,13-/m0/s1. The fourth-order valence-corrected chi connectivity index (χ4v) is 2.14. The van der Waals surface area contributed by atoms with Gasteiger partial charge in [0.25, 0.3) is 0 Å². The predicted octanol–water partition coefficient (Wildman–Crippen LogP) is -1.10. The zero-order valence-electron chi connectivity index (χ0n) is 14.5. The van der Waals surface area contributed by atoms with E-state index in [9.17, 15) is 19.2 Å². The number of carbonyl (C=O) groups excluding carboxylic acids is 3. The Labute approximate surface area is 151 Å². The molecule has 0 aromatic heterocycles. The molecule has 0 heterocycles. The van der Waals surface area contributed by atoms with Gasteiger partial charge in [0, 0.05) is 12.8 Å². The van der Waals surface area contributed by atoms with Crippen molar-refractivity contribution >= 4 is 23.7 Å². The van der Waals surface area contributed by atoms with E-state index in [4.69, 9.17) is 16.6 Å². The fourth-order valence-electron chi connectivity index (χ4n) is 2.14. The molecule has 0 spiro atoms. The molecule has 1 rings (SSSR count). The van der Waals surface area contributed by atoms with Gasteiger partial charge in [-0.3, -0.25) is 19.2 Å². The maximum absolute atomic E-state index is 12.4. The van der Waals surface area contributed by atoms with Gasteiger partial charge in [0.1, 0.15) is 12.1 Å². The van der Waals surface area contributed by atoms with Crippen molar-refractivity contribution in [2.45, 2.75) is 44.3 Å². The quantitative estimate of drug-likeness (QED) is 0.353. The van der Waals surface area contributed by atoms with Crippen molar-refractivity contribution in [3.8, 4) is 0 Å². The molecule has 142 valence electrons. The SMILES string of the molecule is C[C@H](NC(=O)[C@H](Cc1ccccc1)NC(=O)[C@@H](N)CCC(N)=O)C(=O)O. The summed E-state index contributed by atoms with van der Waals surface area (Å²) in [4.78, 5) is 46.3. The van der Waals surface area contributed by atoms with Gasteiger partial charge in [0.15, 0.2) is 0 Å². The molecular weight excluding hydrogens is 340 g/mol. The third-order valence-electron chi connectivity index (χ3n) is 3.68. The molecule has 3 atom stereocenters. The maximum atomic E-state index is 12.4. The normalized spacial score (nSPS) is 13.9. The average molecular weight is 364 g/mol. The van der Waals surface area contributed by atoms with Crippen LogP contribution in [-0.4, -0.2) is 46.9 Å². The summed E-state index contributed by atoms with van der Waals surface area (Å²) in [7, 11) is 0.